The van der Waals surface area contributed by atoms with Gasteiger partial charge in [0.05, 0.1) is 52.9 Å². The molecule has 0 rings (SSSR count). The summed E-state index contributed by atoms with van der Waals surface area (Å²) in [5.74, 6) is 0. The van der Waals surface area contributed by atoms with Crippen molar-refractivity contribution >= 4 is 8.32 Å². The van der Waals surface area contributed by atoms with E-state index in [-0.39, 0.29) is 5.04 Å². The van der Waals surface area contributed by atoms with Crippen molar-refractivity contribution < 1.29 is 23.4 Å². The molecular weight excluding hydrogens is 408 g/mol. The molecule has 31 heavy (non-hydrogen) atoms. The van der Waals surface area contributed by atoms with Crippen molar-refractivity contribution in [2.24, 2.45) is 0 Å². The van der Waals surface area contributed by atoms with E-state index in [2.05, 4.69) is 40.4 Å². The maximum atomic E-state index is 6.07. The van der Waals surface area contributed by atoms with Gasteiger partial charge in [-0.2, -0.15) is 0 Å². The molecule has 0 saturated carbocycles. The molecule has 0 atom stereocenters. The first kappa shape index (κ1) is 30.8. The molecule has 0 aliphatic rings. The Labute approximate surface area is 194 Å². The highest BCUT2D eigenvalue weighted by Crippen LogP contribution is 2.36. The molecule has 0 aliphatic heterocycles. The molecule has 0 aliphatic carbocycles. The molecule has 5 nitrogen and oxygen atoms in total. The fourth-order valence-corrected chi connectivity index (χ4v) is 3.74. The first-order chi connectivity index (χ1) is 14.8. The van der Waals surface area contributed by atoms with E-state index in [4.69, 9.17) is 23.4 Å². The number of allylic oxidation sites excluding steroid dienone is 1. The zero-order valence-corrected chi connectivity index (χ0v) is 22.3. The third-order valence-electron chi connectivity index (χ3n) is 5.81. The molecule has 0 saturated heterocycles. The van der Waals surface area contributed by atoms with Gasteiger partial charge in [-0.15, -0.1) is 6.58 Å². The van der Waals surface area contributed by atoms with Gasteiger partial charge in [-0.3, -0.25) is 0 Å². The molecule has 0 fully saturated rings. The van der Waals surface area contributed by atoms with Crippen molar-refractivity contribution in [1.29, 1.82) is 0 Å². The van der Waals surface area contributed by atoms with E-state index in [9.17, 15) is 0 Å². The standard InChI is InChI=1S/C25H52O5Si/c1-7-8-9-10-11-12-13-14-15-16-26-17-18-27-19-20-28-21-22-29-23-24-30-31(5,6)25(2,3)4/h7H,1,8-24H2,2-6H3. The Morgan fingerprint density at radius 2 is 0.968 bits per heavy atom. The smallest absolute Gasteiger partial charge is 0.192 e. The minimum atomic E-state index is -1.66. The van der Waals surface area contributed by atoms with Crippen molar-refractivity contribution in [3.05, 3.63) is 12.7 Å². The van der Waals surface area contributed by atoms with Crippen LogP contribution in [0.4, 0.5) is 0 Å². The third-order valence-corrected chi connectivity index (χ3v) is 10.3. The lowest BCUT2D eigenvalue weighted by molar-refractivity contribution is -0.00530. The summed E-state index contributed by atoms with van der Waals surface area (Å²) in [5, 5.41) is 0.242. The minimum absolute atomic E-state index is 0.242. The molecule has 0 spiro atoms. The quantitative estimate of drug-likeness (QED) is 0.101. The normalized spacial score (nSPS) is 12.4. The van der Waals surface area contributed by atoms with Crippen molar-refractivity contribution in [2.45, 2.75) is 90.3 Å². The number of hydrogen-bond donors (Lipinski definition) is 0. The van der Waals surface area contributed by atoms with Crippen LogP contribution in [0.15, 0.2) is 12.7 Å². The van der Waals surface area contributed by atoms with Crippen LogP contribution < -0.4 is 0 Å². The molecule has 0 radical (unpaired) electrons. The van der Waals surface area contributed by atoms with Crippen LogP contribution >= 0.6 is 0 Å². The lowest BCUT2D eigenvalue weighted by Crippen LogP contribution is -2.41. The third kappa shape index (κ3) is 20.1. The van der Waals surface area contributed by atoms with Gasteiger partial charge in [0.2, 0.25) is 0 Å². The summed E-state index contributed by atoms with van der Waals surface area (Å²) in [6.07, 6.45) is 12.2. The summed E-state index contributed by atoms with van der Waals surface area (Å²) in [5.41, 5.74) is 0. The number of unbranched alkanes of at least 4 members (excludes halogenated alkanes) is 7. The molecule has 0 amide bonds. The minimum Gasteiger partial charge on any atom is -0.414 e. The van der Waals surface area contributed by atoms with Crippen molar-refractivity contribution in [1.82, 2.24) is 0 Å². The Balaban J connectivity index is 3.17. The molecule has 0 heterocycles. The van der Waals surface area contributed by atoms with Crippen LogP contribution in [0, 0.1) is 0 Å². The van der Waals surface area contributed by atoms with E-state index in [1.54, 1.807) is 0 Å². The van der Waals surface area contributed by atoms with Crippen molar-refractivity contribution in [2.75, 3.05) is 59.5 Å². The highest BCUT2D eigenvalue weighted by molar-refractivity contribution is 6.74. The Hall–Kier alpha value is -0.243. The zero-order valence-electron chi connectivity index (χ0n) is 21.3. The van der Waals surface area contributed by atoms with E-state index < -0.39 is 8.32 Å². The Kier molecular flexibility index (Phi) is 20.2. The van der Waals surface area contributed by atoms with E-state index in [0.717, 1.165) is 19.4 Å². The molecular formula is C25H52O5Si. The largest absolute Gasteiger partial charge is 0.414 e. The fourth-order valence-electron chi connectivity index (χ4n) is 2.71. The maximum Gasteiger partial charge on any atom is 0.192 e. The lowest BCUT2D eigenvalue weighted by Gasteiger charge is -2.36. The van der Waals surface area contributed by atoms with Crippen LogP contribution in [0.5, 0.6) is 0 Å². The lowest BCUT2D eigenvalue weighted by atomic mass is 10.1. The average molecular weight is 461 g/mol. The van der Waals surface area contributed by atoms with Gasteiger partial charge in [0, 0.05) is 6.61 Å². The van der Waals surface area contributed by atoms with Gasteiger partial charge < -0.3 is 23.4 Å². The Bertz CT molecular complexity index is 396. The van der Waals surface area contributed by atoms with Gasteiger partial charge >= 0.3 is 0 Å². The second kappa shape index (κ2) is 20.4. The highest BCUT2D eigenvalue weighted by atomic mass is 28.4. The molecule has 0 bridgehead atoms. The molecule has 186 valence electrons. The van der Waals surface area contributed by atoms with Crippen LogP contribution in [-0.4, -0.2) is 67.8 Å². The topological polar surface area (TPSA) is 46.2 Å². The highest BCUT2D eigenvalue weighted by Gasteiger charge is 2.36. The van der Waals surface area contributed by atoms with Crippen molar-refractivity contribution in [3.63, 3.8) is 0 Å². The van der Waals surface area contributed by atoms with Crippen molar-refractivity contribution in [3.8, 4) is 0 Å². The summed E-state index contributed by atoms with van der Waals surface area (Å²) >= 11 is 0. The maximum absolute atomic E-state index is 6.07. The first-order valence-corrected chi connectivity index (χ1v) is 15.3. The van der Waals surface area contributed by atoms with Crippen LogP contribution in [0.1, 0.15) is 72.1 Å². The molecule has 0 aromatic rings. The van der Waals surface area contributed by atoms with Gasteiger partial charge in [-0.05, 0) is 37.4 Å². The van der Waals surface area contributed by atoms with Crippen LogP contribution in [-0.2, 0) is 23.4 Å². The Morgan fingerprint density at radius 1 is 0.581 bits per heavy atom. The molecule has 0 N–H and O–H groups in total. The molecule has 6 heteroatoms. The second-order valence-corrected chi connectivity index (χ2v) is 14.4. The molecule has 0 unspecified atom stereocenters. The van der Waals surface area contributed by atoms with Gasteiger partial charge in [-0.25, -0.2) is 0 Å². The summed E-state index contributed by atoms with van der Waals surface area (Å²) in [4.78, 5) is 0. The summed E-state index contributed by atoms with van der Waals surface area (Å²) in [6.45, 7) is 20.8. The van der Waals surface area contributed by atoms with Crippen LogP contribution in [0.25, 0.3) is 0 Å². The summed E-state index contributed by atoms with van der Waals surface area (Å²) in [7, 11) is -1.66. The van der Waals surface area contributed by atoms with Gasteiger partial charge in [0.15, 0.2) is 8.32 Å². The summed E-state index contributed by atoms with van der Waals surface area (Å²) in [6, 6.07) is 0. The predicted molar refractivity (Wildman–Crippen MR) is 134 cm³/mol. The van der Waals surface area contributed by atoms with E-state index >= 15 is 0 Å². The number of ether oxygens (including phenoxy) is 4. The predicted octanol–water partition coefficient (Wildman–Crippen LogP) is 6.38. The fraction of sp³-hybridized carbons (Fsp3) is 0.920. The monoisotopic (exact) mass is 460 g/mol. The second-order valence-electron chi connectivity index (χ2n) is 9.61. The first-order valence-electron chi connectivity index (χ1n) is 12.4. The SMILES string of the molecule is C=CCCCCCCCCCOCCOCCOCCOCCO[Si](C)(C)C(C)(C)C. The zero-order chi connectivity index (χ0) is 23.3. The van der Waals surface area contributed by atoms with Crippen LogP contribution in [0.3, 0.4) is 0 Å². The summed E-state index contributed by atoms with van der Waals surface area (Å²) < 4.78 is 28.3. The molecule has 0 aromatic heterocycles. The van der Waals surface area contributed by atoms with Gasteiger partial charge in [0.1, 0.15) is 0 Å². The van der Waals surface area contributed by atoms with Gasteiger partial charge in [-0.1, -0.05) is 59.0 Å². The van der Waals surface area contributed by atoms with E-state index in [1.165, 1.54) is 38.5 Å². The van der Waals surface area contributed by atoms with E-state index in [0.29, 0.717) is 52.9 Å². The van der Waals surface area contributed by atoms with Crippen LogP contribution in [0.2, 0.25) is 18.1 Å². The number of hydrogen-bond acceptors (Lipinski definition) is 5. The Morgan fingerprint density at radius 3 is 1.42 bits per heavy atom. The van der Waals surface area contributed by atoms with E-state index in [1.807, 2.05) is 6.08 Å². The number of rotatable bonds is 23. The van der Waals surface area contributed by atoms with Gasteiger partial charge in [0.25, 0.3) is 0 Å². The molecule has 0 aromatic carbocycles. The average Bonchev–Trinajstić information content (AvgIpc) is 2.71.